The number of rotatable bonds is 5. The van der Waals surface area contributed by atoms with E-state index in [4.69, 9.17) is 4.74 Å². The van der Waals surface area contributed by atoms with Crippen LogP contribution in [0.5, 0.6) is 0 Å². The first-order chi connectivity index (χ1) is 9.79. The third-order valence-electron chi connectivity index (χ3n) is 5.76. The van der Waals surface area contributed by atoms with Gasteiger partial charge in [0.15, 0.2) is 5.78 Å². The van der Waals surface area contributed by atoms with Gasteiger partial charge in [-0.05, 0) is 43.1 Å². The van der Waals surface area contributed by atoms with Crippen molar-refractivity contribution in [3.63, 3.8) is 0 Å². The molecule has 3 unspecified atom stereocenters. The summed E-state index contributed by atoms with van der Waals surface area (Å²) in [5, 5.41) is 0. The number of hydrogen-bond donors (Lipinski definition) is 0. The van der Waals surface area contributed by atoms with Gasteiger partial charge in [0.1, 0.15) is 0 Å². The monoisotopic (exact) mass is 290 g/mol. The molecule has 0 aromatic rings. The van der Waals surface area contributed by atoms with Gasteiger partial charge in [0.25, 0.3) is 0 Å². The summed E-state index contributed by atoms with van der Waals surface area (Å²) in [6.45, 7) is 12.3. The highest BCUT2D eigenvalue weighted by Gasteiger charge is 2.63. The van der Waals surface area contributed by atoms with Crippen LogP contribution >= 0.6 is 0 Å². The van der Waals surface area contributed by atoms with Gasteiger partial charge in [0, 0.05) is 5.41 Å². The van der Waals surface area contributed by atoms with Crippen molar-refractivity contribution in [2.75, 3.05) is 6.61 Å². The van der Waals surface area contributed by atoms with Crippen molar-refractivity contribution in [3.8, 4) is 0 Å². The van der Waals surface area contributed by atoms with Crippen LogP contribution in [0.1, 0.15) is 47.0 Å². The third kappa shape index (κ3) is 2.27. The number of carbonyl (C=O) groups is 2. The van der Waals surface area contributed by atoms with Gasteiger partial charge in [-0.1, -0.05) is 32.9 Å². The highest BCUT2D eigenvalue weighted by Crippen LogP contribution is 2.65. The molecule has 2 saturated carbocycles. The SMILES string of the molecule is C=CCC(/C=C1/C(=O)C2(C)CCC1C2(C)C)C(=O)OCC. The van der Waals surface area contributed by atoms with Gasteiger partial charge in [0.05, 0.1) is 12.5 Å². The average Bonchev–Trinajstić information content (AvgIpc) is 2.72. The van der Waals surface area contributed by atoms with Gasteiger partial charge in [-0.2, -0.15) is 0 Å². The van der Waals surface area contributed by atoms with Crippen molar-refractivity contribution in [2.24, 2.45) is 22.7 Å². The lowest BCUT2D eigenvalue weighted by molar-refractivity contribution is -0.146. The number of fused-ring (bicyclic) bond motifs is 2. The molecule has 0 aromatic heterocycles. The molecule has 2 aliphatic rings. The molecule has 116 valence electrons. The molecule has 0 saturated heterocycles. The Morgan fingerprint density at radius 1 is 1.48 bits per heavy atom. The molecule has 2 fully saturated rings. The summed E-state index contributed by atoms with van der Waals surface area (Å²) in [6, 6.07) is 0. The number of carbonyl (C=O) groups excluding carboxylic acids is 2. The van der Waals surface area contributed by atoms with Crippen molar-refractivity contribution in [3.05, 3.63) is 24.3 Å². The van der Waals surface area contributed by atoms with Gasteiger partial charge in [-0.25, -0.2) is 0 Å². The highest BCUT2D eigenvalue weighted by atomic mass is 16.5. The summed E-state index contributed by atoms with van der Waals surface area (Å²) in [5.74, 6) is -0.164. The van der Waals surface area contributed by atoms with E-state index in [0.717, 1.165) is 18.4 Å². The molecule has 3 atom stereocenters. The van der Waals surface area contributed by atoms with Crippen LogP contribution in [0.3, 0.4) is 0 Å². The van der Waals surface area contributed by atoms with E-state index >= 15 is 0 Å². The van der Waals surface area contributed by atoms with Crippen LogP contribution < -0.4 is 0 Å². The van der Waals surface area contributed by atoms with Crippen molar-refractivity contribution in [1.29, 1.82) is 0 Å². The summed E-state index contributed by atoms with van der Waals surface area (Å²) >= 11 is 0. The van der Waals surface area contributed by atoms with E-state index in [0.29, 0.717) is 13.0 Å². The van der Waals surface area contributed by atoms with Gasteiger partial charge in [-0.3, -0.25) is 9.59 Å². The zero-order chi connectivity index (χ0) is 15.8. The predicted octanol–water partition coefficient (Wildman–Crippen LogP) is 3.69. The van der Waals surface area contributed by atoms with Gasteiger partial charge in [0.2, 0.25) is 0 Å². The van der Waals surface area contributed by atoms with Crippen molar-refractivity contribution in [1.82, 2.24) is 0 Å². The first kappa shape index (κ1) is 16.0. The molecule has 0 amide bonds. The topological polar surface area (TPSA) is 43.4 Å². The van der Waals surface area contributed by atoms with Crippen LogP contribution in [0.4, 0.5) is 0 Å². The fourth-order valence-electron chi connectivity index (χ4n) is 4.00. The van der Waals surface area contributed by atoms with Crippen molar-refractivity contribution >= 4 is 11.8 Å². The van der Waals surface area contributed by atoms with E-state index < -0.39 is 0 Å². The standard InChI is InChI=1S/C18H26O3/c1-6-8-12(16(20)21-7-2)11-13-14-9-10-18(5,15(13)19)17(14,3)4/h6,11-12,14H,1,7-10H2,2-5H3/b13-11+. The Balaban J connectivity index is 2.34. The maximum Gasteiger partial charge on any atom is 0.313 e. The Morgan fingerprint density at radius 2 is 2.14 bits per heavy atom. The number of esters is 1. The Bertz CT molecular complexity index is 501. The number of ether oxygens (including phenoxy) is 1. The third-order valence-corrected chi connectivity index (χ3v) is 5.76. The fourth-order valence-corrected chi connectivity index (χ4v) is 4.00. The summed E-state index contributed by atoms with van der Waals surface area (Å²) < 4.78 is 5.12. The van der Waals surface area contributed by atoms with E-state index in [1.54, 1.807) is 13.0 Å². The first-order valence-electron chi connectivity index (χ1n) is 7.83. The molecule has 2 rings (SSSR count). The molecule has 21 heavy (non-hydrogen) atoms. The highest BCUT2D eigenvalue weighted by molar-refractivity contribution is 6.05. The molecule has 0 aromatic carbocycles. The Labute approximate surface area is 127 Å². The van der Waals surface area contributed by atoms with E-state index in [9.17, 15) is 9.59 Å². The normalized spacial score (nSPS) is 33.2. The molecule has 0 spiro atoms. The van der Waals surface area contributed by atoms with E-state index in [-0.39, 0.29) is 34.4 Å². The molecular weight excluding hydrogens is 264 g/mol. The second-order valence-corrected chi connectivity index (χ2v) is 6.98. The molecule has 3 nitrogen and oxygen atoms in total. The first-order valence-corrected chi connectivity index (χ1v) is 7.83. The Kier molecular flexibility index (Phi) is 4.14. The number of hydrogen-bond acceptors (Lipinski definition) is 3. The van der Waals surface area contributed by atoms with E-state index in [1.807, 2.05) is 6.08 Å². The molecule has 0 heterocycles. The fraction of sp³-hybridized carbons (Fsp3) is 0.667. The quantitative estimate of drug-likeness (QED) is 0.440. The number of allylic oxidation sites excluding steroid dienone is 2. The number of Topliss-reactive ketones (excluding diaryl/α,β-unsaturated/α-hetero) is 1. The van der Waals surface area contributed by atoms with Crippen LogP contribution in [0, 0.1) is 22.7 Å². The largest absolute Gasteiger partial charge is 0.466 e. The second kappa shape index (κ2) is 5.43. The van der Waals surface area contributed by atoms with E-state index in [1.165, 1.54) is 0 Å². The molecule has 3 heteroatoms. The summed E-state index contributed by atoms with van der Waals surface area (Å²) in [5.41, 5.74) is 0.536. The minimum absolute atomic E-state index is 0.0245. The lowest BCUT2D eigenvalue weighted by Crippen LogP contribution is -2.32. The lowest BCUT2D eigenvalue weighted by Gasteiger charge is -2.31. The summed E-state index contributed by atoms with van der Waals surface area (Å²) in [4.78, 5) is 24.8. The van der Waals surface area contributed by atoms with Gasteiger partial charge >= 0.3 is 5.97 Å². The maximum absolute atomic E-state index is 12.8. The minimum atomic E-state index is -0.389. The van der Waals surface area contributed by atoms with Crippen LogP contribution in [0.2, 0.25) is 0 Å². The number of ketones is 1. The maximum atomic E-state index is 12.8. The van der Waals surface area contributed by atoms with Gasteiger partial charge < -0.3 is 4.74 Å². The zero-order valence-electron chi connectivity index (χ0n) is 13.6. The molecule has 2 bridgehead atoms. The smallest absolute Gasteiger partial charge is 0.313 e. The molecule has 2 aliphatic carbocycles. The second-order valence-electron chi connectivity index (χ2n) is 6.98. The average molecular weight is 290 g/mol. The van der Waals surface area contributed by atoms with Crippen LogP contribution in [-0.2, 0) is 14.3 Å². The van der Waals surface area contributed by atoms with E-state index in [2.05, 4.69) is 27.4 Å². The van der Waals surface area contributed by atoms with Gasteiger partial charge in [-0.15, -0.1) is 6.58 Å². The Hall–Kier alpha value is -1.38. The summed E-state index contributed by atoms with van der Waals surface area (Å²) in [7, 11) is 0. The lowest BCUT2D eigenvalue weighted by atomic mass is 9.70. The zero-order valence-corrected chi connectivity index (χ0v) is 13.6. The molecular formula is C18H26O3. The molecule has 0 N–H and O–H groups in total. The Morgan fingerprint density at radius 3 is 2.62 bits per heavy atom. The molecule has 0 radical (unpaired) electrons. The predicted molar refractivity (Wildman–Crippen MR) is 82.6 cm³/mol. The van der Waals surface area contributed by atoms with Crippen LogP contribution in [-0.4, -0.2) is 18.4 Å². The summed E-state index contributed by atoms with van der Waals surface area (Å²) in [6.07, 6.45) is 6.07. The van der Waals surface area contributed by atoms with Crippen molar-refractivity contribution < 1.29 is 14.3 Å². The van der Waals surface area contributed by atoms with Crippen LogP contribution in [0.15, 0.2) is 24.3 Å². The van der Waals surface area contributed by atoms with Crippen LogP contribution in [0.25, 0.3) is 0 Å². The minimum Gasteiger partial charge on any atom is -0.466 e. The van der Waals surface area contributed by atoms with Crippen molar-refractivity contribution in [2.45, 2.75) is 47.0 Å². The molecule has 0 aliphatic heterocycles.